The van der Waals surface area contributed by atoms with Crippen molar-refractivity contribution in [3.63, 3.8) is 0 Å². The number of ether oxygens (including phenoxy) is 1. The number of hydrogen-bond donors (Lipinski definition) is 2. The molecule has 0 bridgehead atoms. The number of anilines is 3. The van der Waals surface area contributed by atoms with E-state index in [0.717, 1.165) is 11.4 Å². The maximum absolute atomic E-state index is 11.9. The molecule has 106 valence electrons. The van der Waals surface area contributed by atoms with Crippen LogP contribution in [-0.4, -0.2) is 27.3 Å². The largest absolute Gasteiger partial charge is 0.462 e. The number of rotatable bonds is 4. The predicted molar refractivity (Wildman–Crippen MR) is 75.8 cm³/mol. The zero-order valence-corrected chi connectivity index (χ0v) is 11.7. The number of esters is 1. The highest BCUT2D eigenvalue weighted by molar-refractivity contribution is 5.96. The summed E-state index contributed by atoms with van der Waals surface area (Å²) >= 11 is 0. The minimum absolute atomic E-state index is 0.291. The summed E-state index contributed by atoms with van der Waals surface area (Å²) in [5.41, 5.74) is 7.96. The Morgan fingerprint density at radius 2 is 2.30 bits per heavy atom. The third-order valence-electron chi connectivity index (χ3n) is 2.67. The first-order valence-electron chi connectivity index (χ1n) is 6.21. The first-order valence-corrected chi connectivity index (χ1v) is 6.21. The van der Waals surface area contributed by atoms with Crippen LogP contribution in [0.2, 0.25) is 0 Å². The second kappa shape index (κ2) is 5.60. The monoisotopic (exact) mass is 275 g/mol. The van der Waals surface area contributed by atoms with Gasteiger partial charge in [-0.2, -0.15) is 5.10 Å². The van der Waals surface area contributed by atoms with Gasteiger partial charge in [-0.3, -0.25) is 4.68 Å². The fourth-order valence-electron chi connectivity index (χ4n) is 1.79. The van der Waals surface area contributed by atoms with Crippen LogP contribution in [-0.2, 0) is 11.8 Å². The first kappa shape index (κ1) is 13.9. The molecule has 3 N–H and O–H groups in total. The van der Waals surface area contributed by atoms with Crippen molar-refractivity contribution in [2.45, 2.75) is 13.8 Å². The van der Waals surface area contributed by atoms with Crippen molar-refractivity contribution in [1.29, 1.82) is 0 Å². The van der Waals surface area contributed by atoms with Gasteiger partial charge >= 0.3 is 5.97 Å². The van der Waals surface area contributed by atoms with Crippen molar-refractivity contribution in [1.82, 2.24) is 14.8 Å². The Balaban J connectivity index is 2.36. The molecule has 0 fully saturated rings. The normalized spacial score (nSPS) is 10.3. The van der Waals surface area contributed by atoms with Gasteiger partial charge in [0.1, 0.15) is 11.4 Å². The molecule has 0 aromatic carbocycles. The van der Waals surface area contributed by atoms with E-state index in [1.807, 2.05) is 20.2 Å². The van der Waals surface area contributed by atoms with Crippen molar-refractivity contribution >= 4 is 23.2 Å². The molecule has 0 unspecified atom stereocenters. The van der Waals surface area contributed by atoms with E-state index in [4.69, 9.17) is 10.5 Å². The molecule has 7 nitrogen and oxygen atoms in total. The zero-order valence-electron chi connectivity index (χ0n) is 11.7. The van der Waals surface area contributed by atoms with Crippen molar-refractivity contribution < 1.29 is 9.53 Å². The van der Waals surface area contributed by atoms with Gasteiger partial charge in [-0.05, 0) is 19.9 Å². The van der Waals surface area contributed by atoms with Crippen molar-refractivity contribution in [3.05, 3.63) is 29.7 Å². The summed E-state index contributed by atoms with van der Waals surface area (Å²) < 4.78 is 6.68. The SMILES string of the molecule is CCOC(=O)c1cc(N)cnc1Nc1cn(C)nc1C. The van der Waals surface area contributed by atoms with Gasteiger partial charge in [0.15, 0.2) is 0 Å². The van der Waals surface area contributed by atoms with Crippen LogP contribution in [0.1, 0.15) is 23.0 Å². The number of nitrogen functional groups attached to an aromatic ring is 1. The number of aromatic nitrogens is 3. The lowest BCUT2D eigenvalue weighted by Gasteiger charge is -2.10. The molecule has 0 saturated heterocycles. The van der Waals surface area contributed by atoms with Gasteiger partial charge < -0.3 is 15.8 Å². The van der Waals surface area contributed by atoms with E-state index in [9.17, 15) is 4.79 Å². The lowest BCUT2D eigenvalue weighted by atomic mass is 10.2. The summed E-state index contributed by atoms with van der Waals surface area (Å²) in [6.45, 7) is 3.90. The number of carbonyl (C=O) groups is 1. The summed E-state index contributed by atoms with van der Waals surface area (Å²) in [7, 11) is 1.82. The summed E-state index contributed by atoms with van der Waals surface area (Å²) in [6.07, 6.45) is 3.29. The smallest absolute Gasteiger partial charge is 0.341 e. The Kier molecular flexibility index (Phi) is 3.88. The Morgan fingerprint density at radius 1 is 1.55 bits per heavy atom. The van der Waals surface area contributed by atoms with Gasteiger partial charge in [-0.25, -0.2) is 9.78 Å². The molecule has 0 atom stereocenters. The van der Waals surface area contributed by atoms with E-state index in [1.165, 1.54) is 6.20 Å². The van der Waals surface area contributed by atoms with Gasteiger partial charge in [0.05, 0.1) is 29.9 Å². The van der Waals surface area contributed by atoms with Gasteiger partial charge in [-0.1, -0.05) is 0 Å². The lowest BCUT2D eigenvalue weighted by Crippen LogP contribution is -2.10. The zero-order chi connectivity index (χ0) is 14.7. The van der Waals surface area contributed by atoms with E-state index in [2.05, 4.69) is 15.4 Å². The predicted octanol–water partition coefficient (Wildman–Crippen LogP) is 1.63. The fraction of sp³-hybridized carbons (Fsp3) is 0.308. The first-order chi connectivity index (χ1) is 9.51. The van der Waals surface area contributed by atoms with Gasteiger partial charge in [0.2, 0.25) is 0 Å². The molecule has 2 heterocycles. The molecule has 0 radical (unpaired) electrons. The lowest BCUT2D eigenvalue weighted by molar-refractivity contribution is 0.0527. The Morgan fingerprint density at radius 3 is 2.90 bits per heavy atom. The molecule has 0 spiro atoms. The summed E-state index contributed by atoms with van der Waals surface area (Å²) in [4.78, 5) is 16.1. The summed E-state index contributed by atoms with van der Waals surface area (Å²) in [5.74, 6) is -0.0647. The number of nitrogens with zero attached hydrogens (tertiary/aromatic N) is 3. The minimum atomic E-state index is -0.462. The molecule has 2 aromatic rings. The number of pyridine rings is 1. The molecule has 0 aliphatic heterocycles. The summed E-state index contributed by atoms with van der Waals surface area (Å²) in [5, 5.41) is 7.30. The van der Waals surface area contributed by atoms with Crippen LogP contribution in [0, 0.1) is 6.92 Å². The van der Waals surface area contributed by atoms with Crippen LogP contribution in [0.3, 0.4) is 0 Å². The molecular weight excluding hydrogens is 258 g/mol. The van der Waals surface area contributed by atoms with Crippen molar-refractivity contribution in [3.8, 4) is 0 Å². The molecule has 7 heteroatoms. The molecule has 0 aliphatic rings. The Labute approximate surface area is 116 Å². The molecule has 0 saturated carbocycles. The second-order valence-electron chi connectivity index (χ2n) is 4.31. The highest BCUT2D eigenvalue weighted by Crippen LogP contribution is 2.23. The number of hydrogen-bond acceptors (Lipinski definition) is 6. The highest BCUT2D eigenvalue weighted by Gasteiger charge is 2.16. The highest BCUT2D eigenvalue weighted by atomic mass is 16.5. The van der Waals surface area contributed by atoms with E-state index < -0.39 is 5.97 Å². The van der Waals surface area contributed by atoms with Gasteiger partial charge in [0.25, 0.3) is 0 Å². The van der Waals surface area contributed by atoms with Crippen LogP contribution >= 0.6 is 0 Å². The Bertz CT molecular complexity index is 636. The van der Waals surface area contributed by atoms with Crippen LogP contribution < -0.4 is 11.1 Å². The van der Waals surface area contributed by atoms with E-state index in [-0.39, 0.29) is 0 Å². The molecule has 2 aromatic heterocycles. The van der Waals surface area contributed by atoms with Gasteiger partial charge in [0, 0.05) is 13.2 Å². The fourth-order valence-corrected chi connectivity index (χ4v) is 1.79. The standard InChI is InChI=1S/C13H17N5O2/c1-4-20-13(19)10-5-9(14)6-15-12(10)16-11-7-18(3)17-8(11)2/h5-7H,4,14H2,1-3H3,(H,15,16). The maximum atomic E-state index is 11.9. The molecule has 20 heavy (non-hydrogen) atoms. The van der Waals surface area contributed by atoms with Crippen LogP contribution in [0.5, 0.6) is 0 Å². The van der Waals surface area contributed by atoms with Crippen LogP contribution in [0.15, 0.2) is 18.5 Å². The van der Waals surface area contributed by atoms with Gasteiger partial charge in [-0.15, -0.1) is 0 Å². The Hall–Kier alpha value is -2.57. The van der Waals surface area contributed by atoms with E-state index in [0.29, 0.717) is 23.7 Å². The molecule has 0 amide bonds. The third-order valence-corrected chi connectivity index (χ3v) is 2.67. The van der Waals surface area contributed by atoms with Crippen molar-refractivity contribution in [2.24, 2.45) is 7.05 Å². The maximum Gasteiger partial charge on any atom is 0.341 e. The molecular formula is C13H17N5O2. The van der Waals surface area contributed by atoms with Crippen LogP contribution in [0.25, 0.3) is 0 Å². The number of nitrogens with one attached hydrogen (secondary N) is 1. The second-order valence-corrected chi connectivity index (χ2v) is 4.31. The van der Waals surface area contributed by atoms with Crippen molar-refractivity contribution in [2.75, 3.05) is 17.7 Å². The average molecular weight is 275 g/mol. The quantitative estimate of drug-likeness (QED) is 0.823. The summed E-state index contributed by atoms with van der Waals surface area (Å²) in [6, 6.07) is 1.54. The average Bonchev–Trinajstić information content (AvgIpc) is 2.70. The number of aryl methyl sites for hydroxylation is 2. The van der Waals surface area contributed by atoms with E-state index >= 15 is 0 Å². The number of nitrogens with two attached hydrogens (primary N) is 1. The third kappa shape index (κ3) is 2.87. The van der Waals surface area contributed by atoms with E-state index in [1.54, 1.807) is 17.7 Å². The number of carbonyl (C=O) groups excluding carboxylic acids is 1. The minimum Gasteiger partial charge on any atom is -0.462 e. The van der Waals surface area contributed by atoms with Crippen LogP contribution in [0.4, 0.5) is 17.2 Å². The topological polar surface area (TPSA) is 95.1 Å². The molecule has 2 rings (SSSR count). The molecule has 0 aliphatic carbocycles.